The highest BCUT2D eigenvalue weighted by molar-refractivity contribution is 8.04. The van der Waals surface area contributed by atoms with Crippen molar-refractivity contribution in [3.63, 3.8) is 0 Å². The molecule has 5 nitrogen and oxygen atoms in total. The molecule has 2 N–H and O–H groups in total. The zero-order valence-electron chi connectivity index (χ0n) is 10.9. The van der Waals surface area contributed by atoms with Crippen LogP contribution < -0.4 is 0 Å². The number of hydrogen-bond donors (Lipinski definition) is 2. The maximum atomic E-state index is 11.4. The van der Waals surface area contributed by atoms with Gasteiger partial charge in [0.2, 0.25) is 0 Å². The van der Waals surface area contributed by atoms with E-state index in [1.54, 1.807) is 30.6 Å². The lowest BCUT2D eigenvalue weighted by Gasteiger charge is -1.99. The number of nitrogens with zero attached hydrogens (tertiary/aromatic N) is 2. The number of fused-ring (bicyclic) bond motifs is 1. The number of rotatable bonds is 4. The lowest BCUT2D eigenvalue weighted by Crippen LogP contribution is -1.97. The summed E-state index contributed by atoms with van der Waals surface area (Å²) in [5, 5.41) is 9.88. The first kappa shape index (κ1) is 13.4. The van der Waals surface area contributed by atoms with Gasteiger partial charge in [-0.3, -0.25) is 4.98 Å². The van der Waals surface area contributed by atoms with Gasteiger partial charge in [0.05, 0.1) is 11.0 Å². The second-order valence-corrected chi connectivity index (χ2v) is 5.29. The Balaban J connectivity index is 1.92. The predicted octanol–water partition coefficient (Wildman–Crippen LogP) is 3.18. The standard InChI is InChI=1S/C15H11N3O2S/c19-14(20)13(9-10-5-7-16-8-6-10)21-15-17-11-3-1-2-4-12(11)18-15/h1-9H,(H,17,18)(H,19,20)/b13-9-. The number of aromatic amines is 1. The molecule has 104 valence electrons. The topological polar surface area (TPSA) is 78.9 Å². The number of carboxylic acids is 1. The molecule has 1 aromatic carbocycles. The fourth-order valence-electron chi connectivity index (χ4n) is 1.83. The van der Waals surface area contributed by atoms with Crippen LogP contribution >= 0.6 is 11.8 Å². The number of benzene rings is 1. The average Bonchev–Trinajstić information content (AvgIpc) is 2.90. The number of para-hydroxylation sites is 2. The second-order valence-electron chi connectivity index (χ2n) is 4.26. The van der Waals surface area contributed by atoms with Crippen LogP contribution in [0.5, 0.6) is 0 Å². The number of nitrogens with one attached hydrogen (secondary N) is 1. The summed E-state index contributed by atoms with van der Waals surface area (Å²) in [4.78, 5) is 22.9. The van der Waals surface area contributed by atoms with Crippen molar-refractivity contribution in [3.05, 3.63) is 59.3 Å². The van der Waals surface area contributed by atoms with Crippen molar-refractivity contribution in [1.82, 2.24) is 15.0 Å². The fraction of sp³-hybridized carbons (Fsp3) is 0. The van der Waals surface area contributed by atoms with Crippen molar-refractivity contribution in [3.8, 4) is 0 Å². The summed E-state index contributed by atoms with van der Waals surface area (Å²) in [5.41, 5.74) is 2.48. The predicted molar refractivity (Wildman–Crippen MR) is 81.8 cm³/mol. The molecule has 0 aliphatic heterocycles. The van der Waals surface area contributed by atoms with Gasteiger partial charge in [0.25, 0.3) is 0 Å². The summed E-state index contributed by atoms with van der Waals surface area (Å²) in [7, 11) is 0. The number of carboxylic acid groups (broad SMARTS) is 1. The molecule has 0 spiro atoms. The Bertz CT molecular complexity index is 779. The van der Waals surface area contributed by atoms with Gasteiger partial charge in [-0.1, -0.05) is 12.1 Å². The number of thioether (sulfide) groups is 1. The van der Waals surface area contributed by atoms with E-state index >= 15 is 0 Å². The molecule has 2 aromatic heterocycles. The van der Waals surface area contributed by atoms with Crippen LogP contribution in [0.25, 0.3) is 17.1 Å². The molecule has 0 fully saturated rings. The molecule has 0 amide bonds. The minimum Gasteiger partial charge on any atom is -0.477 e. The number of imidazole rings is 1. The Hall–Kier alpha value is -2.60. The molecule has 2 heterocycles. The van der Waals surface area contributed by atoms with E-state index in [1.807, 2.05) is 24.3 Å². The zero-order valence-corrected chi connectivity index (χ0v) is 11.7. The van der Waals surface area contributed by atoms with Crippen LogP contribution in [-0.2, 0) is 4.79 Å². The summed E-state index contributed by atoms with van der Waals surface area (Å²) in [5.74, 6) is -0.989. The third-order valence-corrected chi connectivity index (χ3v) is 3.69. The van der Waals surface area contributed by atoms with Crippen LogP contribution in [0.1, 0.15) is 5.56 Å². The zero-order chi connectivity index (χ0) is 14.7. The van der Waals surface area contributed by atoms with E-state index in [1.165, 1.54) is 0 Å². The van der Waals surface area contributed by atoms with Gasteiger partial charge in [0.15, 0.2) is 5.16 Å². The molecule has 0 bridgehead atoms. The number of carbonyl (C=O) groups is 1. The van der Waals surface area contributed by atoms with Crippen molar-refractivity contribution in [2.45, 2.75) is 5.16 Å². The number of aliphatic carboxylic acids is 1. The molecule has 0 saturated carbocycles. The maximum Gasteiger partial charge on any atom is 0.342 e. The van der Waals surface area contributed by atoms with Crippen LogP contribution in [0, 0.1) is 0 Å². The molecule has 0 unspecified atom stereocenters. The maximum absolute atomic E-state index is 11.4. The summed E-state index contributed by atoms with van der Waals surface area (Å²) >= 11 is 1.09. The van der Waals surface area contributed by atoms with E-state index in [9.17, 15) is 9.90 Å². The first-order chi connectivity index (χ1) is 10.2. The van der Waals surface area contributed by atoms with Crippen molar-refractivity contribution in [2.24, 2.45) is 0 Å². The molecular weight excluding hydrogens is 286 g/mol. The van der Waals surface area contributed by atoms with E-state index in [4.69, 9.17) is 0 Å². The molecule has 0 saturated heterocycles. The Morgan fingerprint density at radius 1 is 1.19 bits per heavy atom. The highest BCUT2D eigenvalue weighted by atomic mass is 32.2. The number of aromatic nitrogens is 3. The number of hydrogen-bond acceptors (Lipinski definition) is 4. The van der Waals surface area contributed by atoms with Crippen molar-refractivity contribution < 1.29 is 9.90 Å². The summed E-state index contributed by atoms with van der Waals surface area (Å²) in [6.07, 6.45) is 4.84. The van der Waals surface area contributed by atoms with Crippen molar-refractivity contribution in [1.29, 1.82) is 0 Å². The Morgan fingerprint density at radius 2 is 1.95 bits per heavy atom. The minimum absolute atomic E-state index is 0.195. The molecule has 0 atom stereocenters. The monoisotopic (exact) mass is 297 g/mol. The van der Waals surface area contributed by atoms with E-state index < -0.39 is 5.97 Å². The largest absolute Gasteiger partial charge is 0.477 e. The summed E-state index contributed by atoms with van der Waals surface area (Å²) < 4.78 is 0. The smallest absolute Gasteiger partial charge is 0.342 e. The average molecular weight is 297 g/mol. The van der Waals surface area contributed by atoms with E-state index in [0.29, 0.717) is 5.16 Å². The molecular formula is C15H11N3O2S. The van der Waals surface area contributed by atoms with Crippen LogP contribution in [0.3, 0.4) is 0 Å². The Kier molecular flexibility index (Phi) is 3.70. The second kappa shape index (κ2) is 5.80. The van der Waals surface area contributed by atoms with Gasteiger partial charge in [0.1, 0.15) is 4.91 Å². The lowest BCUT2D eigenvalue weighted by atomic mass is 10.2. The quantitative estimate of drug-likeness (QED) is 0.571. The summed E-state index contributed by atoms with van der Waals surface area (Å²) in [6, 6.07) is 11.1. The molecule has 3 rings (SSSR count). The van der Waals surface area contributed by atoms with Gasteiger partial charge < -0.3 is 10.1 Å². The van der Waals surface area contributed by atoms with Crippen molar-refractivity contribution >= 4 is 34.8 Å². The minimum atomic E-state index is -0.989. The number of H-pyrrole nitrogens is 1. The van der Waals surface area contributed by atoms with E-state index in [0.717, 1.165) is 28.4 Å². The van der Waals surface area contributed by atoms with Crippen LogP contribution in [-0.4, -0.2) is 26.0 Å². The van der Waals surface area contributed by atoms with Crippen LogP contribution in [0.2, 0.25) is 0 Å². The van der Waals surface area contributed by atoms with Gasteiger partial charge in [-0.2, -0.15) is 0 Å². The Morgan fingerprint density at radius 3 is 2.67 bits per heavy atom. The molecule has 6 heteroatoms. The van der Waals surface area contributed by atoms with Gasteiger partial charge >= 0.3 is 5.97 Å². The highest BCUT2D eigenvalue weighted by Gasteiger charge is 2.12. The Labute approximate surface area is 124 Å². The molecule has 3 aromatic rings. The first-order valence-electron chi connectivity index (χ1n) is 6.20. The van der Waals surface area contributed by atoms with Crippen molar-refractivity contribution in [2.75, 3.05) is 0 Å². The van der Waals surface area contributed by atoms with Gasteiger partial charge in [-0.25, -0.2) is 9.78 Å². The highest BCUT2D eigenvalue weighted by Crippen LogP contribution is 2.27. The number of pyridine rings is 1. The SMILES string of the molecule is O=C(O)/C(=C/c1ccncc1)Sc1nc2ccccc2[nH]1. The fourth-order valence-corrected chi connectivity index (χ4v) is 2.62. The first-order valence-corrected chi connectivity index (χ1v) is 7.01. The normalized spacial score (nSPS) is 11.7. The third kappa shape index (κ3) is 3.11. The van der Waals surface area contributed by atoms with Crippen LogP contribution in [0.4, 0.5) is 0 Å². The van der Waals surface area contributed by atoms with E-state index in [2.05, 4.69) is 15.0 Å². The molecule has 0 radical (unpaired) electrons. The molecule has 0 aliphatic rings. The van der Waals surface area contributed by atoms with Gasteiger partial charge in [0, 0.05) is 12.4 Å². The van der Waals surface area contributed by atoms with Crippen LogP contribution in [0.15, 0.2) is 58.9 Å². The molecule has 0 aliphatic carbocycles. The summed E-state index contributed by atoms with van der Waals surface area (Å²) in [6.45, 7) is 0. The van der Waals surface area contributed by atoms with Gasteiger partial charge in [-0.05, 0) is 47.7 Å². The molecule has 21 heavy (non-hydrogen) atoms. The third-order valence-electron chi connectivity index (χ3n) is 2.79. The van der Waals surface area contributed by atoms with E-state index in [-0.39, 0.29) is 4.91 Å². The van der Waals surface area contributed by atoms with Gasteiger partial charge in [-0.15, -0.1) is 0 Å². The lowest BCUT2D eigenvalue weighted by molar-refractivity contribution is -0.131.